The van der Waals surface area contributed by atoms with Gasteiger partial charge in [-0.2, -0.15) is 5.10 Å². The van der Waals surface area contributed by atoms with Crippen molar-refractivity contribution in [3.05, 3.63) is 24.3 Å². The van der Waals surface area contributed by atoms with Gasteiger partial charge in [-0.3, -0.25) is 4.79 Å². The molecule has 0 heterocycles. The molecule has 0 unspecified atom stereocenters. The number of hydrogen-bond donors (Lipinski definition) is 2. The van der Waals surface area contributed by atoms with E-state index >= 15 is 0 Å². The predicted octanol–water partition coefficient (Wildman–Crippen LogP) is 2.79. The average molecular weight is 289 g/mol. The first-order valence-corrected chi connectivity index (χ1v) is 7.39. The van der Waals surface area contributed by atoms with Gasteiger partial charge in [-0.15, -0.1) is 0 Å². The first-order valence-electron chi connectivity index (χ1n) is 7.39. The maximum absolute atomic E-state index is 11.8. The minimum Gasteiger partial charge on any atom is -0.497 e. The zero-order chi connectivity index (χ0) is 15.1. The molecule has 1 aromatic rings. The summed E-state index contributed by atoms with van der Waals surface area (Å²) in [5, 5.41) is 7.29. The Kier molecular flexibility index (Phi) is 5.60. The molecule has 1 atom stereocenters. The number of carbonyl (C=O) groups is 1. The van der Waals surface area contributed by atoms with E-state index in [1.807, 2.05) is 24.3 Å². The third-order valence-electron chi connectivity index (χ3n) is 3.63. The smallest absolute Gasteiger partial charge is 0.259 e. The van der Waals surface area contributed by atoms with Gasteiger partial charge in [-0.05, 0) is 55.9 Å². The number of amides is 1. The highest BCUT2D eigenvalue weighted by molar-refractivity contribution is 5.87. The van der Waals surface area contributed by atoms with Gasteiger partial charge in [-0.1, -0.05) is 6.92 Å². The summed E-state index contributed by atoms with van der Waals surface area (Å²) >= 11 is 0. The normalized spacial score (nSPS) is 20.1. The molecule has 0 spiro atoms. The number of hydrazone groups is 1. The number of ether oxygens (including phenoxy) is 1. The van der Waals surface area contributed by atoms with Gasteiger partial charge in [0, 0.05) is 11.4 Å². The monoisotopic (exact) mass is 289 g/mol. The Morgan fingerprint density at radius 1 is 1.38 bits per heavy atom. The van der Waals surface area contributed by atoms with Crippen LogP contribution in [0.3, 0.4) is 0 Å². The van der Waals surface area contributed by atoms with Gasteiger partial charge in [0.2, 0.25) is 0 Å². The zero-order valence-corrected chi connectivity index (χ0v) is 12.7. The molecule has 1 aliphatic rings. The minimum absolute atomic E-state index is 0.128. The summed E-state index contributed by atoms with van der Waals surface area (Å²) in [6, 6.07) is 7.45. The molecule has 0 aliphatic heterocycles. The van der Waals surface area contributed by atoms with Gasteiger partial charge < -0.3 is 10.1 Å². The molecule has 1 fully saturated rings. The van der Waals surface area contributed by atoms with E-state index in [0.717, 1.165) is 30.0 Å². The van der Waals surface area contributed by atoms with Crippen molar-refractivity contribution in [2.75, 3.05) is 19.0 Å². The van der Waals surface area contributed by atoms with Crippen LogP contribution >= 0.6 is 0 Å². The SMILES string of the molecule is COc1ccc(NCC(=O)N/N=C2\CCC[C@@H](C)C2)cc1. The number of carbonyl (C=O) groups excluding carboxylic acids is 1. The molecule has 2 N–H and O–H groups in total. The second-order valence-corrected chi connectivity index (χ2v) is 5.50. The van der Waals surface area contributed by atoms with Crippen LogP contribution in [0.1, 0.15) is 32.6 Å². The number of nitrogens with one attached hydrogen (secondary N) is 2. The molecule has 0 saturated heterocycles. The number of rotatable bonds is 5. The summed E-state index contributed by atoms with van der Waals surface area (Å²) in [6.45, 7) is 2.43. The standard InChI is InChI=1S/C16H23N3O2/c1-12-4-3-5-14(10-12)18-19-16(20)11-17-13-6-8-15(21-2)9-7-13/h6-9,12,17H,3-5,10-11H2,1-2H3,(H,19,20)/b18-14+/t12-/m1/s1. The average Bonchev–Trinajstić information content (AvgIpc) is 2.51. The lowest BCUT2D eigenvalue weighted by atomic mass is 9.89. The predicted molar refractivity (Wildman–Crippen MR) is 84.7 cm³/mol. The Morgan fingerprint density at radius 3 is 2.81 bits per heavy atom. The molecular weight excluding hydrogens is 266 g/mol. The molecule has 1 aromatic carbocycles. The lowest BCUT2D eigenvalue weighted by molar-refractivity contribution is -0.119. The highest BCUT2D eigenvalue weighted by Gasteiger charge is 2.14. The molecular formula is C16H23N3O2. The second kappa shape index (κ2) is 7.67. The van der Waals surface area contributed by atoms with Gasteiger partial charge in [-0.25, -0.2) is 5.43 Å². The minimum atomic E-state index is -0.128. The maximum Gasteiger partial charge on any atom is 0.259 e. The van der Waals surface area contributed by atoms with Crippen LogP contribution in [-0.2, 0) is 4.79 Å². The fourth-order valence-electron chi connectivity index (χ4n) is 2.43. The van der Waals surface area contributed by atoms with Crippen LogP contribution in [0.2, 0.25) is 0 Å². The van der Waals surface area contributed by atoms with E-state index < -0.39 is 0 Å². The first-order chi connectivity index (χ1) is 10.2. The fraction of sp³-hybridized carbons (Fsp3) is 0.500. The number of benzene rings is 1. The van der Waals surface area contributed by atoms with E-state index in [9.17, 15) is 4.79 Å². The van der Waals surface area contributed by atoms with Crippen molar-refractivity contribution in [2.45, 2.75) is 32.6 Å². The molecule has 2 rings (SSSR count). The third-order valence-corrected chi connectivity index (χ3v) is 3.63. The van der Waals surface area contributed by atoms with Gasteiger partial charge >= 0.3 is 0 Å². The van der Waals surface area contributed by atoms with Crippen molar-refractivity contribution in [3.8, 4) is 5.75 Å². The van der Waals surface area contributed by atoms with Crippen molar-refractivity contribution >= 4 is 17.3 Å². The molecule has 114 valence electrons. The summed E-state index contributed by atoms with van der Waals surface area (Å²) in [5.74, 6) is 1.34. The summed E-state index contributed by atoms with van der Waals surface area (Å²) in [6.07, 6.45) is 4.41. The Labute approximate surface area is 125 Å². The third kappa shape index (κ3) is 5.10. The molecule has 1 aliphatic carbocycles. The van der Waals surface area contributed by atoms with Crippen LogP contribution in [0, 0.1) is 5.92 Å². The maximum atomic E-state index is 11.8. The molecule has 5 nitrogen and oxygen atoms in total. The van der Waals surface area contributed by atoms with Crippen LogP contribution in [0.5, 0.6) is 5.75 Å². The van der Waals surface area contributed by atoms with Crippen molar-refractivity contribution in [3.63, 3.8) is 0 Å². The van der Waals surface area contributed by atoms with Crippen LogP contribution < -0.4 is 15.5 Å². The van der Waals surface area contributed by atoms with Gasteiger partial charge in [0.25, 0.3) is 5.91 Å². The fourth-order valence-corrected chi connectivity index (χ4v) is 2.43. The van der Waals surface area contributed by atoms with Gasteiger partial charge in [0.05, 0.1) is 13.7 Å². The summed E-state index contributed by atoms with van der Waals surface area (Å²) in [5.41, 5.74) is 4.61. The lowest BCUT2D eigenvalue weighted by Gasteiger charge is -2.18. The molecule has 0 bridgehead atoms. The van der Waals surface area contributed by atoms with E-state index in [4.69, 9.17) is 4.74 Å². The highest BCUT2D eigenvalue weighted by Crippen LogP contribution is 2.20. The second-order valence-electron chi connectivity index (χ2n) is 5.50. The Balaban J connectivity index is 1.75. The van der Waals surface area contributed by atoms with E-state index in [-0.39, 0.29) is 12.5 Å². The summed E-state index contributed by atoms with van der Waals surface area (Å²) in [4.78, 5) is 11.8. The van der Waals surface area contributed by atoms with E-state index in [0.29, 0.717) is 5.92 Å². The molecule has 5 heteroatoms. The highest BCUT2D eigenvalue weighted by atomic mass is 16.5. The van der Waals surface area contributed by atoms with Crippen LogP contribution in [0.4, 0.5) is 5.69 Å². The van der Waals surface area contributed by atoms with Crippen molar-refractivity contribution in [2.24, 2.45) is 11.0 Å². The number of anilines is 1. The van der Waals surface area contributed by atoms with Crippen molar-refractivity contribution in [1.82, 2.24) is 5.43 Å². The summed E-state index contributed by atoms with van der Waals surface area (Å²) < 4.78 is 5.08. The Bertz CT molecular complexity index is 497. The summed E-state index contributed by atoms with van der Waals surface area (Å²) in [7, 11) is 1.63. The number of nitrogens with zero attached hydrogens (tertiary/aromatic N) is 1. The molecule has 0 aromatic heterocycles. The number of hydrogen-bond acceptors (Lipinski definition) is 4. The molecule has 1 saturated carbocycles. The van der Waals surface area contributed by atoms with Crippen molar-refractivity contribution in [1.29, 1.82) is 0 Å². The quantitative estimate of drug-likeness (QED) is 0.819. The van der Waals surface area contributed by atoms with E-state index in [1.165, 1.54) is 12.8 Å². The lowest BCUT2D eigenvalue weighted by Crippen LogP contribution is -2.27. The first kappa shape index (κ1) is 15.4. The number of methoxy groups -OCH3 is 1. The molecule has 21 heavy (non-hydrogen) atoms. The molecule has 0 radical (unpaired) electrons. The largest absolute Gasteiger partial charge is 0.497 e. The zero-order valence-electron chi connectivity index (χ0n) is 12.7. The van der Waals surface area contributed by atoms with Crippen LogP contribution in [0.15, 0.2) is 29.4 Å². The molecule has 1 amide bonds. The van der Waals surface area contributed by atoms with Gasteiger partial charge in [0.1, 0.15) is 5.75 Å². The van der Waals surface area contributed by atoms with E-state index in [1.54, 1.807) is 7.11 Å². The van der Waals surface area contributed by atoms with Crippen LogP contribution in [0.25, 0.3) is 0 Å². The Hall–Kier alpha value is -2.04. The topological polar surface area (TPSA) is 62.7 Å². The van der Waals surface area contributed by atoms with Crippen LogP contribution in [-0.4, -0.2) is 25.3 Å². The van der Waals surface area contributed by atoms with Gasteiger partial charge in [0.15, 0.2) is 0 Å². The van der Waals surface area contributed by atoms with Crippen molar-refractivity contribution < 1.29 is 9.53 Å². The Morgan fingerprint density at radius 2 is 2.14 bits per heavy atom. The van der Waals surface area contributed by atoms with E-state index in [2.05, 4.69) is 22.8 Å².